The Bertz CT molecular complexity index is 695. The van der Waals surface area contributed by atoms with Gasteiger partial charge in [0.05, 0.1) is 19.0 Å². The second-order valence-corrected chi connectivity index (χ2v) is 9.23. The molecule has 0 spiro atoms. The zero-order valence-electron chi connectivity index (χ0n) is 16.2. The Labute approximate surface area is 173 Å². The number of hydrogen-bond donors (Lipinski definition) is 1. The number of nitrogens with one attached hydrogen (secondary N) is 1. The van der Waals surface area contributed by atoms with Gasteiger partial charge in [-0.2, -0.15) is 4.31 Å². The Morgan fingerprint density at radius 2 is 2.07 bits per heavy atom. The highest BCUT2D eigenvalue weighted by Crippen LogP contribution is 2.20. The molecule has 0 saturated carbocycles. The van der Waals surface area contributed by atoms with Crippen LogP contribution in [0.1, 0.15) is 24.8 Å². The van der Waals surface area contributed by atoms with E-state index in [1.807, 2.05) is 0 Å². The van der Waals surface area contributed by atoms with Gasteiger partial charge >= 0.3 is 0 Å². The second kappa shape index (κ2) is 11.4. The van der Waals surface area contributed by atoms with Gasteiger partial charge in [-0.1, -0.05) is 12.1 Å². The maximum Gasteiger partial charge on any atom is 0.218 e. The smallest absolute Gasteiger partial charge is 0.218 e. The van der Waals surface area contributed by atoms with Gasteiger partial charge in [0.25, 0.3) is 0 Å². The Hall–Kier alpha value is -0.770. The summed E-state index contributed by atoms with van der Waals surface area (Å²) in [6.45, 7) is 6.28. The van der Waals surface area contributed by atoms with Crippen LogP contribution in [0.3, 0.4) is 0 Å². The third-order valence-electron chi connectivity index (χ3n) is 5.23. The summed E-state index contributed by atoms with van der Waals surface area (Å²) in [5.74, 6) is -0.556. The molecule has 0 bridgehead atoms. The van der Waals surface area contributed by atoms with E-state index in [-0.39, 0.29) is 24.2 Å². The van der Waals surface area contributed by atoms with Crippen LogP contribution < -0.4 is 5.32 Å². The number of ether oxygens (including phenoxy) is 1. The molecule has 1 aromatic rings. The number of hydrogen-bond acceptors (Lipinski definition) is 5. The van der Waals surface area contributed by atoms with E-state index in [1.54, 1.807) is 16.4 Å². The average molecular weight is 436 g/mol. The van der Waals surface area contributed by atoms with Crippen LogP contribution in [0.15, 0.2) is 24.3 Å². The molecule has 3 rings (SSSR count). The van der Waals surface area contributed by atoms with Crippen molar-refractivity contribution < 1.29 is 17.5 Å². The SMILES string of the molecule is Cl.O=S(=O)(Cc1cccc(F)c1)N(CCCN1CCOCC1)C1CCCNC1. The van der Waals surface area contributed by atoms with Gasteiger partial charge in [-0.25, -0.2) is 12.8 Å². The van der Waals surface area contributed by atoms with Gasteiger partial charge in [-0.15, -0.1) is 12.4 Å². The lowest BCUT2D eigenvalue weighted by molar-refractivity contribution is 0.0365. The lowest BCUT2D eigenvalue weighted by Crippen LogP contribution is -2.50. The van der Waals surface area contributed by atoms with Crippen molar-refractivity contribution in [1.82, 2.24) is 14.5 Å². The van der Waals surface area contributed by atoms with Gasteiger partial charge in [0, 0.05) is 32.2 Å². The molecule has 1 atom stereocenters. The molecule has 9 heteroatoms. The van der Waals surface area contributed by atoms with E-state index in [1.165, 1.54) is 12.1 Å². The van der Waals surface area contributed by atoms with E-state index in [0.29, 0.717) is 18.7 Å². The Morgan fingerprint density at radius 1 is 1.29 bits per heavy atom. The van der Waals surface area contributed by atoms with Crippen LogP contribution in [0.2, 0.25) is 0 Å². The predicted molar refractivity (Wildman–Crippen MR) is 111 cm³/mol. The number of morpholine rings is 1. The van der Waals surface area contributed by atoms with E-state index < -0.39 is 15.8 Å². The molecule has 1 unspecified atom stereocenters. The molecule has 0 aromatic heterocycles. The monoisotopic (exact) mass is 435 g/mol. The van der Waals surface area contributed by atoms with Crippen molar-refractivity contribution in [2.24, 2.45) is 0 Å². The quantitative estimate of drug-likeness (QED) is 0.675. The topological polar surface area (TPSA) is 61.9 Å². The molecule has 0 amide bonds. The predicted octanol–water partition coefficient (Wildman–Crippen LogP) is 1.85. The molecule has 1 aromatic carbocycles. The van der Waals surface area contributed by atoms with Crippen LogP contribution in [0, 0.1) is 5.82 Å². The summed E-state index contributed by atoms with van der Waals surface area (Å²) in [5.41, 5.74) is 0.497. The van der Waals surface area contributed by atoms with Gasteiger partial charge in [-0.3, -0.25) is 4.90 Å². The number of sulfonamides is 1. The molecule has 160 valence electrons. The van der Waals surface area contributed by atoms with Gasteiger partial charge in [0.1, 0.15) is 5.82 Å². The summed E-state index contributed by atoms with van der Waals surface area (Å²) < 4.78 is 46.8. The summed E-state index contributed by atoms with van der Waals surface area (Å²) >= 11 is 0. The first-order valence-corrected chi connectivity index (χ1v) is 11.4. The molecule has 2 heterocycles. The third-order valence-corrected chi connectivity index (χ3v) is 7.12. The molecule has 28 heavy (non-hydrogen) atoms. The molecule has 0 radical (unpaired) electrons. The maximum atomic E-state index is 13.5. The van der Waals surface area contributed by atoms with Crippen LogP contribution >= 0.6 is 12.4 Å². The van der Waals surface area contributed by atoms with Crippen LogP contribution in [0.4, 0.5) is 4.39 Å². The van der Waals surface area contributed by atoms with Crippen molar-refractivity contribution >= 4 is 22.4 Å². The number of benzene rings is 1. The maximum absolute atomic E-state index is 13.5. The fraction of sp³-hybridized carbons (Fsp3) is 0.684. The summed E-state index contributed by atoms with van der Waals surface area (Å²) in [5, 5.41) is 3.31. The lowest BCUT2D eigenvalue weighted by Gasteiger charge is -2.34. The Morgan fingerprint density at radius 3 is 2.75 bits per heavy atom. The first-order chi connectivity index (χ1) is 13.0. The highest BCUT2D eigenvalue weighted by Gasteiger charge is 2.31. The largest absolute Gasteiger partial charge is 0.379 e. The summed E-state index contributed by atoms with van der Waals surface area (Å²) in [4.78, 5) is 2.32. The highest BCUT2D eigenvalue weighted by atomic mass is 35.5. The van der Waals surface area contributed by atoms with E-state index >= 15 is 0 Å². The second-order valence-electron chi connectivity index (χ2n) is 7.30. The molecule has 2 saturated heterocycles. The van der Waals surface area contributed by atoms with Gasteiger partial charge < -0.3 is 10.1 Å². The first-order valence-electron chi connectivity index (χ1n) is 9.79. The minimum atomic E-state index is -3.51. The van der Waals surface area contributed by atoms with Crippen LogP contribution in [-0.2, 0) is 20.5 Å². The molecule has 6 nitrogen and oxygen atoms in total. The molecule has 0 aliphatic carbocycles. The lowest BCUT2D eigenvalue weighted by atomic mass is 10.1. The highest BCUT2D eigenvalue weighted by molar-refractivity contribution is 7.88. The van der Waals surface area contributed by atoms with Crippen LogP contribution in [0.25, 0.3) is 0 Å². The normalized spacial score (nSPS) is 21.4. The minimum absolute atomic E-state index is 0. The number of rotatable bonds is 8. The Kier molecular flexibility index (Phi) is 9.59. The molecule has 2 aliphatic rings. The molecule has 2 aliphatic heterocycles. The zero-order chi connectivity index (χ0) is 19.1. The van der Waals surface area contributed by atoms with E-state index in [2.05, 4.69) is 10.2 Å². The first kappa shape index (κ1) is 23.5. The number of halogens is 2. The number of piperidine rings is 1. The van der Waals surface area contributed by atoms with E-state index in [0.717, 1.165) is 58.7 Å². The van der Waals surface area contributed by atoms with Crippen molar-refractivity contribution in [1.29, 1.82) is 0 Å². The molecular formula is C19H31ClFN3O3S. The molecular weight excluding hydrogens is 405 g/mol. The average Bonchev–Trinajstić information content (AvgIpc) is 2.66. The fourth-order valence-corrected chi connectivity index (χ4v) is 5.63. The molecule has 1 N–H and O–H groups in total. The van der Waals surface area contributed by atoms with Crippen molar-refractivity contribution in [3.63, 3.8) is 0 Å². The third kappa shape index (κ3) is 6.93. The molecule has 2 fully saturated rings. The minimum Gasteiger partial charge on any atom is -0.379 e. The van der Waals surface area contributed by atoms with Crippen LogP contribution in [-0.4, -0.2) is 76.1 Å². The number of nitrogens with zero attached hydrogens (tertiary/aromatic N) is 2. The summed E-state index contributed by atoms with van der Waals surface area (Å²) in [7, 11) is -3.51. The van der Waals surface area contributed by atoms with Crippen molar-refractivity contribution in [3.05, 3.63) is 35.6 Å². The summed E-state index contributed by atoms with van der Waals surface area (Å²) in [6.07, 6.45) is 2.63. The van der Waals surface area contributed by atoms with Crippen molar-refractivity contribution in [2.45, 2.75) is 31.1 Å². The standard InChI is InChI=1S/C19H30FN3O3S.ClH/c20-18-5-1-4-17(14-18)16-27(24,25)23(19-6-2-7-21-15-19)9-3-8-22-10-12-26-13-11-22;/h1,4-5,14,19,21H,2-3,6-13,15-16H2;1H. The summed E-state index contributed by atoms with van der Waals surface area (Å²) in [6, 6.07) is 5.85. The van der Waals surface area contributed by atoms with Gasteiger partial charge in [0.15, 0.2) is 0 Å². The van der Waals surface area contributed by atoms with Gasteiger partial charge in [-0.05, 0) is 50.0 Å². The van der Waals surface area contributed by atoms with Crippen molar-refractivity contribution in [3.8, 4) is 0 Å². The van der Waals surface area contributed by atoms with E-state index in [9.17, 15) is 12.8 Å². The zero-order valence-corrected chi connectivity index (χ0v) is 17.8. The fourth-order valence-electron chi connectivity index (χ4n) is 3.82. The Balaban J connectivity index is 0.00000280. The van der Waals surface area contributed by atoms with E-state index in [4.69, 9.17) is 4.74 Å². The van der Waals surface area contributed by atoms with Gasteiger partial charge in [0.2, 0.25) is 10.0 Å². The van der Waals surface area contributed by atoms with Crippen LogP contribution in [0.5, 0.6) is 0 Å². The van der Waals surface area contributed by atoms with Crippen molar-refractivity contribution in [2.75, 3.05) is 52.5 Å².